The number of methoxy groups -OCH3 is 1. The van der Waals surface area contributed by atoms with Gasteiger partial charge in [-0.05, 0) is 60.4 Å². The first-order valence-electron chi connectivity index (χ1n) is 11.5. The van der Waals surface area contributed by atoms with Crippen molar-refractivity contribution in [3.05, 3.63) is 76.1 Å². The third-order valence-corrected chi connectivity index (χ3v) is 6.35. The molecule has 7 nitrogen and oxygen atoms in total. The molecule has 0 aliphatic rings. The summed E-state index contributed by atoms with van der Waals surface area (Å²) >= 11 is 12.2. The molecule has 0 amide bonds. The Morgan fingerprint density at radius 3 is 2.42 bits per heavy atom. The van der Waals surface area contributed by atoms with Gasteiger partial charge in [-0.2, -0.15) is 0 Å². The van der Waals surface area contributed by atoms with E-state index in [9.17, 15) is 0 Å². The van der Waals surface area contributed by atoms with Crippen LogP contribution in [0.25, 0.3) is 33.9 Å². The molecule has 0 saturated heterocycles. The molecule has 5 aromatic rings. The van der Waals surface area contributed by atoms with Gasteiger partial charge in [0.25, 0.3) is 5.89 Å². The van der Waals surface area contributed by atoms with E-state index < -0.39 is 0 Å². The highest BCUT2D eigenvalue weighted by molar-refractivity contribution is 6.42. The van der Waals surface area contributed by atoms with Gasteiger partial charge in [0.2, 0.25) is 5.89 Å². The first kappa shape index (κ1) is 24.2. The summed E-state index contributed by atoms with van der Waals surface area (Å²) in [5.74, 6) is 3.18. The molecule has 184 valence electrons. The Labute approximate surface area is 218 Å². The van der Waals surface area contributed by atoms with E-state index in [2.05, 4.69) is 46.1 Å². The molecule has 36 heavy (non-hydrogen) atoms. The lowest BCUT2D eigenvalue weighted by Crippen LogP contribution is -1.98. The maximum atomic E-state index is 6.12. The fraction of sp³-hybridized carbons (Fsp3) is 0.222. The second kappa shape index (κ2) is 10.2. The van der Waals surface area contributed by atoms with E-state index in [0.717, 1.165) is 28.6 Å². The largest absolute Gasteiger partial charge is 0.493 e. The molecule has 3 aromatic carbocycles. The Balaban J connectivity index is 1.29. The number of rotatable bonds is 8. The minimum absolute atomic E-state index is 0.107. The lowest BCUT2D eigenvalue weighted by atomic mass is 10.0. The Kier molecular flexibility index (Phi) is 6.85. The van der Waals surface area contributed by atoms with Gasteiger partial charge >= 0.3 is 0 Å². The van der Waals surface area contributed by atoms with Crippen LogP contribution in [0.5, 0.6) is 11.5 Å². The van der Waals surface area contributed by atoms with Crippen LogP contribution in [-0.4, -0.2) is 27.3 Å². The van der Waals surface area contributed by atoms with Gasteiger partial charge in [0, 0.05) is 11.1 Å². The number of ether oxygens (including phenoxy) is 2. The summed E-state index contributed by atoms with van der Waals surface area (Å²) in [5.41, 5.74) is 4.49. The third kappa shape index (κ3) is 5.17. The Morgan fingerprint density at radius 1 is 0.917 bits per heavy atom. The number of benzene rings is 3. The minimum Gasteiger partial charge on any atom is -0.493 e. The maximum Gasteiger partial charge on any atom is 0.254 e. The quantitative estimate of drug-likeness (QED) is 0.229. The fourth-order valence-corrected chi connectivity index (χ4v) is 4.22. The van der Waals surface area contributed by atoms with Gasteiger partial charge < -0.3 is 18.9 Å². The van der Waals surface area contributed by atoms with E-state index in [0.29, 0.717) is 45.1 Å². The van der Waals surface area contributed by atoms with Crippen molar-refractivity contribution in [2.24, 2.45) is 5.92 Å². The number of H-pyrrole nitrogens is 1. The lowest BCUT2D eigenvalue weighted by Gasteiger charge is -2.10. The number of hydrogen-bond donors (Lipinski definition) is 1. The molecule has 0 fully saturated rings. The number of imidazole rings is 1. The highest BCUT2D eigenvalue weighted by Gasteiger charge is 2.14. The Morgan fingerprint density at radius 2 is 1.67 bits per heavy atom. The molecule has 0 bridgehead atoms. The zero-order valence-corrected chi connectivity index (χ0v) is 21.5. The molecule has 0 aliphatic carbocycles. The van der Waals surface area contributed by atoms with Gasteiger partial charge in [-0.25, -0.2) is 4.98 Å². The third-order valence-electron chi connectivity index (χ3n) is 5.62. The van der Waals surface area contributed by atoms with Crippen LogP contribution in [0, 0.1) is 5.92 Å². The summed E-state index contributed by atoms with van der Waals surface area (Å²) in [5, 5.41) is 9.20. The molecular formula is C27H24Cl2N4O3. The second-order valence-electron chi connectivity index (χ2n) is 8.82. The van der Waals surface area contributed by atoms with Crippen LogP contribution in [0.1, 0.15) is 25.3 Å². The smallest absolute Gasteiger partial charge is 0.254 e. The average Bonchev–Trinajstić information content (AvgIpc) is 3.50. The van der Waals surface area contributed by atoms with Crippen molar-refractivity contribution in [2.75, 3.05) is 7.11 Å². The molecule has 9 heteroatoms. The van der Waals surface area contributed by atoms with Crippen LogP contribution in [-0.2, 0) is 13.0 Å². The minimum atomic E-state index is 0.107. The fourth-order valence-electron chi connectivity index (χ4n) is 3.90. The number of hydrogen-bond acceptors (Lipinski definition) is 6. The predicted molar refractivity (Wildman–Crippen MR) is 141 cm³/mol. The van der Waals surface area contributed by atoms with Gasteiger partial charge in [-0.3, -0.25) is 0 Å². The molecule has 0 radical (unpaired) electrons. The standard InChI is InChI=1S/C27H24Cl2N4O3/c1-15(2)10-16-4-6-17(7-5-16)27-33-32-25(36-27)14-35-23-9-8-18(11-24(23)34-3)26-30-21-12-19(28)20(29)13-22(21)31-26/h4-9,11-13,15H,10,14H2,1-3H3,(H,30,31). The summed E-state index contributed by atoms with van der Waals surface area (Å²) < 4.78 is 17.3. The van der Waals surface area contributed by atoms with Crippen molar-refractivity contribution in [2.45, 2.75) is 26.9 Å². The molecule has 0 saturated carbocycles. The molecule has 5 rings (SSSR count). The molecule has 2 heterocycles. The molecule has 2 aromatic heterocycles. The molecule has 0 atom stereocenters. The van der Waals surface area contributed by atoms with Crippen molar-refractivity contribution >= 4 is 34.2 Å². The summed E-state index contributed by atoms with van der Waals surface area (Å²) in [6.45, 7) is 4.51. The highest BCUT2D eigenvalue weighted by Crippen LogP contribution is 2.34. The van der Waals surface area contributed by atoms with Crippen molar-refractivity contribution in [3.63, 3.8) is 0 Å². The van der Waals surface area contributed by atoms with E-state index >= 15 is 0 Å². The van der Waals surface area contributed by atoms with Crippen LogP contribution < -0.4 is 9.47 Å². The summed E-state index contributed by atoms with van der Waals surface area (Å²) in [7, 11) is 1.58. The normalized spacial score (nSPS) is 11.4. The van der Waals surface area contributed by atoms with Crippen molar-refractivity contribution in [3.8, 4) is 34.3 Å². The predicted octanol–water partition coefficient (Wildman–Crippen LogP) is 7.37. The molecule has 0 aliphatic heterocycles. The number of aromatic nitrogens is 4. The van der Waals surface area contributed by atoms with Crippen molar-refractivity contribution in [1.29, 1.82) is 0 Å². The van der Waals surface area contributed by atoms with Crippen LogP contribution in [0.15, 0.2) is 59.0 Å². The molecule has 0 spiro atoms. The Hall–Kier alpha value is -3.55. The van der Waals surface area contributed by atoms with E-state index in [1.165, 1.54) is 5.56 Å². The second-order valence-corrected chi connectivity index (χ2v) is 9.63. The van der Waals surface area contributed by atoms with Crippen LogP contribution in [0.2, 0.25) is 10.0 Å². The van der Waals surface area contributed by atoms with E-state index in [-0.39, 0.29) is 6.61 Å². The van der Waals surface area contributed by atoms with E-state index in [1.807, 2.05) is 30.3 Å². The Bertz CT molecular complexity index is 1470. The lowest BCUT2D eigenvalue weighted by molar-refractivity contribution is 0.251. The van der Waals surface area contributed by atoms with E-state index in [4.69, 9.17) is 37.1 Å². The summed E-state index contributed by atoms with van der Waals surface area (Å²) in [6.07, 6.45) is 1.03. The van der Waals surface area contributed by atoms with Gasteiger partial charge in [0.15, 0.2) is 18.1 Å². The zero-order valence-electron chi connectivity index (χ0n) is 20.0. The van der Waals surface area contributed by atoms with Crippen LogP contribution in [0.3, 0.4) is 0 Å². The van der Waals surface area contributed by atoms with Crippen LogP contribution in [0.4, 0.5) is 0 Å². The van der Waals surface area contributed by atoms with Crippen molar-refractivity contribution in [1.82, 2.24) is 20.2 Å². The SMILES string of the molecule is COc1cc(-c2nc3cc(Cl)c(Cl)cc3[nH]2)ccc1OCc1nnc(-c2ccc(CC(C)C)cc2)o1. The van der Waals surface area contributed by atoms with Gasteiger partial charge in [-0.15, -0.1) is 10.2 Å². The molecule has 0 unspecified atom stereocenters. The summed E-state index contributed by atoms with van der Waals surface area (Å²) in [4.78, 5) is 7.86. The number of aromatic amines is 1. The number of fused-ring (bicyclic) bond motifs is 1. The van der Waals surface area contributed by atoms with Crippen LogP contribution >= 0.6 is 23.2 Å². The topological polar surface area (TPSA) is 86.1 Å². The van der Waals surface area contributed by atoms with E-state index in [1.54, 1.807) is 19.2 Å². The maximum absolute atomic E-state index is 6.12. The van der Waals surface area contributed by atoms with Gasteiger partial charge in [0.1, 0.15) is 5.82 Å². The number of nitrogens with zero attached hydrogens (tertiary/aromatic N) is 3. The monoisotopic (exact) mass is 522 g/mol. The molecule has 1 N–H and O–H groups in total. The van der Waals surface area contributed by atoms with Gasteiger partial charge in [-0.1, -0.05) is 49.2 Å². The number of halogens is 2. The first-order chi connectivity index (χ1) is 17.4. The zero-order chi connectivity index (χ0) is 25.2. The number of nitrogens with one attached hydrogen (secondary N) is 1. The first-order valence-corrected chi connectivity index (χ1v) is 12.2. The molecular weight excluding hydrogens is 499 g/mol. The average molecular weight is 523 g/mol. The summed E-state index contributed by atoms with van der Waals surface area (Å²) in [6, 6.07) is 17.2. The van der Waals surface area contributed by atoms with Gasteiger partial charge in [0.05, 0.1) is 28.2 Å². The highest BCUT2D eigenvalue weighted by atomic mass is 35.5. The van der Waals surface area contributed by atoms with Crippen molar-refractivity contribution < 1.29 is 13.9 Å².